The van der Waals surface area contributed by atoms with Gasteiger partial charge in [0.1, 0.15) is 11.8 Å². The molecule has 0 unspecified atom stereocenters. The van der Waals surface area contributed by atoms with Crippen LogP contribution in [0.5, 0.6) is 23.0 Å². The molecule has 0 bridgehead atoms. The Labute approximate surface area is 172 Å². The van der Waals surface area contributed by atoms with Gasteiger partial charge in [0.2, 0.25) is 0 Å². The Morgan fingerprint density at radius 2 is 1.50 bits per heavy atom. The maximum Gasteiger partial charge on any atom is 0.349 e. The standard InChI is InChI=1S/C23H19F2NO4/c1-28-19-13-12-15(14-20(19)29-2)21-23(24,25)22(27)26(21)17-10-6-7-11-18(17)30-16-8-4-3-5-9-16/h3-14,21H,1-2H3/t21-/m0/s1. The number of β-lactam (4-membered cyclic amide) rings is 1. The molecule has 0 spiro atoms. The third kappa shape index (κ3) is 3.22. The van der Waals surface area contributed by atoms with Crippen LogP contribution in [0.1, 0.15) is 11.6 Å². The van der Waals surface area contributed by atoms with E-state index in [9.17, 15) is 13.6 Å². The summed E-state index contributed by atoms with van der Waals surface area (Å²) >= 11 is 0. The summed E-state index contributed by atoms with van der Waals surface area (Å²) in [5.41, 5.74) is 0.490. The summed E-state index contributed by atoms with van der Waals surface area (Å²) in [6, 6.07) is 18.5. The Bertz CT molecular complexity index is 1070. The highest BCUT2D eigenvalue weighted by Crippen LogP contribution is 2.52. The van der Waals surface area contributed by atoms with E-state index in [1.54, 1.807) is 48.5 Å². The zero-order chi connectivity index (χ0) is 21.3. The van der Waals surface area contributed by atoms with Gasteiger partial charge in [-0.25, -0.2) is 0 Å². The molecule has 7 heteroatoms. The van der Waals surface area contributed by atoms with E-state index >= 15 is 0 Å². The lowest BCUT2D eigenvalue weighted by Crippen LogP contribution is -2.64. The molecule has 1 heterocycles. The molecule has 0 radical (unpaired) electrons. The lowest BCUT2D eigenvalue weighted by Gasteiger charge is -2.46. The summed E-state index contributed by atoms with van der Waals surface area (Å²) in [7, 11) is 2.88. The predicted octanol–water partition coefficient (Wildman–Crippen LogP) is 5.22. The lowest BCUT2D eigenvalue weighted by atomic mass is 9.88. The maximum atomic E-state index is 14.7. The average Bonchev–Trinajstić information content (AvgIpc) is 2.78. The van der Waals surface area contributed by atoms with Crippen molar-refractivity contribution >= 4 is 11.6 Å². The van der Waals surface area contributed by atoms with Crippen LogP contribution in [-0.2, 0) is 4.79 Å². The van der Waals surface area contributed by atoms with Crippen LogP contribution in [0, 0.1) is 0 Å². The van der Waals surface area contributed by atoms with E-state index in [1.807, 2.05) is 6.07 Å². The minimum absolute atomic E-state index is 0.228. The molecule has 1 atom stereocenters. The average molecular weight is 411 g/mol. The molecule has 1 amide bonds. The Morgan fingerprint density at radius 1 is 0.833 bits per heavy atom. The summed E-state index contributed by atoms with van der Waals surface area (Å²) in [5.74, 6) is -3.29. The first-order valence-electron chi connectivity index (χ1n) is 9.22. The number of amides is 1. The first-order valence-corrected chi connectivity index (χ1v) is 9.22. The number of alkyl halides is 2. The quantitative estimate of drug-likeness (QED) is 0.522. The Hall–Kier alpha value is -3.61. The Morgan fingerprint density at radius 3 is 2.20 bits per heavy atom. The van der Waals surface area contributed by atoms with E-state index in [1.165, 1.54) is 32.4 Å². The number of carbonyl (C=O) groups is 1. The molecular weight excluding hydrogens is 392 g/mol. The van der Waals surface area contributed by atoms with E-state index in [-0.39, 0.29) is 11.3 Å². The monoisotopic (exact) mass is 411 g/mol. The normalized spacial score (nSPS) is 17.3. The molecule has 3 aromatic carbocycles. The van der Waals surface area contributed by atoms with Crippen molar-refractivity contribution in [2.45, 2.75) is 12.0 Å². The maximum absolute atomic E-state index is 14.7. The van der Waals surface area contributed by atoms with E-state index < -0.39 is 17.9 Å². The highest BCUT2D eigenvalue weighted by Gasteiger charge is 2.65. The Kier molecular flexibility index (Phi) is 5.03. The van der Waals surface area contributed by atoms with Gasteiger partial charge >= 0.3 is 11.8 Å². The molecule has 3 aromatic rings. The summed E-state index contributed by atoms with van der Waals surface area (Å²) in [4.78, 5) is 13.5. The molecule has 154 valence electrons. The number of methoxy groups -OCH3 is 2. The number of nitrogens with zero attached hydrogens (tertiary/aromatic N) is 1. The van der Waals surface area contributed by atoms with Crippen LogP contribution in [0.25, 0.3) is 0 Å². The van der Waals surface area contributed by atoms with Crippen molar-refractivity contribution in [2.75, 3.05) is 19.1 Å². The molecule has 4 rings (SSSR count). The van der Waals surface area contributed by atoms with Crippen molar-refractivity contribution in [1.29, 1.82) is 0 Å². The van der Waals surface area contributed by atoms with Gasteiger partial charge in [0.25, 0.3) is 0 Å². The van der Waals surface area contributed by atoms with Crippen LogP contribution in [0.2, 0.25) is 0 Å². The summed E-state index contributed by atoms with van der Waals surface area (Å²) in [6.45, 7) is 0. The van der Waals surface area contributed by atoms with Gasteiger partial charge in [-0.1, -0.05) is 36.4 Å². The number of carbonyl (C=O) groups excluding carboxylic acids is 1. The lowest BCUT2D eigenvalue weighted by molar-refractivity contribution is -0.162. The molecule has 0 aromatic heterocycles. The zero-order valence-electron chi connectivity index (χ0n) is 16.3. The number of para-hydroxylation sites is 3. The molecule has 5 nitrogen and oxygen atoms in total. The first-order chi connectivity index (χ1) is 14.5. The SMILES string of the molecule is COc1ccc([C@@H]2N(c3ccccc3Oc3ccccc3)C(=O)C2(F)F)cc1OC. The topological polar surface area (TPSA) is 48.0 Å². The smallest absolute Gasteiger partial charge is 0.349 e. The number of ether oxygens (including phenoxy) is 3. The van der Waals surface area contributed by atoms with Gasteiger partial charge in [-0.3, -0.25) is 9.69 Å². The van der Waals surface area contributed by atoms with E-state index in [4.69, 9.17) is 14.2 Å². The second kappa shape index (κ2) is 7.67. The highest BCUT2D eigenvalue weighted by molar-refractivity contribution is 6.08. The van der Waals surface area contributed by atoms with Crippen LogP contribution in [0.3, 0.4) is 0 Å². The van der Waals surface area contributed by atoms with Gasteiger partial charge in [-0.2, -0.15) is 8.78 Å². The third-order valence-corrected chi connectivity index (χ3v) is 4.92. The highest BCUT2D eigenvalue weighted by atomic mass is 19.3. The van der Waals surface area contributed by atoms with Gasteiger partial charge in [-0.15, -0.1) is 0 Å². The molecule has 1 aliphatic heterocycles. The summed E-state index contributed by atoms with van der Waals surface area (Å²) in [5, 5.41) is 0. The molecule has 1 aliphatic rings. The van der Waals surface area contributed by atoms with Crippen molar-refractivity contribution in [2.24, 2.45) is 0 Å². The number of benzene rings is 3. The first kappa shape index (κ1) is 19.7. The van der Waals surface area contributed by atoms with E-state index in [2.05, 4.69) is 0 Å². The second-order valence-electron chi connectivity index (χ2n) is 6.70. The van der Waals surface area contributed by atoms with Crippen molar-refractivity contribution in [3.8, 4) is 23.0 Å². The fourth-order valence-corrected chi connectivity index (χ4v) is 3.48. The Balaban J connectivity index is 1.75. The minimum atomic E-state index is -3.56. The number of hydrogen-bond donors (Lipinski definition) is 0. The third-order valence-electron chi connectivity index (χ3n) is 4.92. The fourth-order valence-electron chi connectivity index (χ4n) is 3.48. The van der Waals surface area contributed by atoms with E-state index in [0.29, 0.717) is 23.0 Å². The zero-order valence-corrected chi connectivity index (χ0v) is 16.3. The van der Waals surface area contributed by atoms with Crippen LogP contribution in [0.15, 0.2) is 72.8 Å². The molecule has 1 saturated heterocycles. The van der Waals surface area contributed by atoms with Crippen LogP contribution in [-0.4, -0.2) is 26.0 Å². The van der Waals surface area contributed by atoms with Gasteiger partial charge in [0.05, 0.1) is 19.9 Å². The number of rotatable bonds is 6. The van der Waals surface area contributed by atoms with Crippen molar-refractivity contribution in [3.05, 3.63) is 78.4 Å². The summed E-state index contributed by atoms with van der Waals surface area (Å²) in [6.07, 6.45) is 0. The molecule has 0 saturated carbocycles. The van der Waals surface area contributed by atoms with Crippen LogP contribution >= 0.6 is 0 Å². The van der Waals surface area contributed by atoms with E-state index in [0.717, 1.165) is 4.90 Å². The van der Waals surface area contributed by atoms with Crippen molar-refractivity contribution < 1.29 is 27.8 Å². The molecule has 30 heavy (non-hydrogen) atoms. The summed E-state index contributed by atoms with van der Waals surface area (Å²) < 4.78 is 45.7. The van der Waals surface area contributed by atoms with Gasteiger partial charge in [-0.05, 0) is 42.0 Å². The van der Waals surface area contributed by atoms with Crippen LogP contribution < -0.4 is 19.1 Å². The predicted molar refractivity (Wildman–Crippen MR) is 108 cm³/mol. The molecule has 0 aliphatic carbocycles. The van der Waals surface area contributed by atoms with Crippen molar-refractivity contribution in [1.82, 2.24) is 0 Å². The van der Waals surface area contributed by atoms with Gasteiger partial charge in [0.15, 0.2) is 17.2 Å². The van der Waals surface area contributed by atoms with Gasteiger partial charge < -0.3 is 14.2 Å². The second-order valence-corrected chi connectivity index (χ2v) is 6.70. The number of anilines is 1. The number of hydrogen-bond acceptors (Lipinski definition) is 4. The van der Waals surface area contributed by atoms with Crippen LogP contribution in [0.4, 0.5) is 14.5 Å². The number of halogens is 2. The molecule has 1 fully saturated rings. The minimum Gasteiger partial charge on any atom is -0.493 e. The molecular formula is C23H19F2NO4. The fraction of sp³-hybridized carbons (Fsp3) is 0.174. The van der Waals surface area contributed by atoms with Gasteiger partial charge in [0, 0.05) is 0 Å². The largest absolute Gasteiger partial charge is 0.493 e. The molecule has 0 N–H and O–H groups in total. The van der Waals surface area contributed by atoms with Crippen molar-refractivity contribution in [3.63, 3.8) is 0 Å².